The predicted octanol–water partition coefficient (Wildman–Crippen LogP) is 16.0. The largest absolute Gasteiger partial charge is 0.309 e. The molecular weight excluding hydrogens is 763 g/mol. The van der Waals surface area contributed by atoms with E-state index < -0.39 is 333 Å². The first-order valence-corrected chi connectivity index (χ1v) is 18.7. The topological polar surface area (TPSA) is 14.8 Å². The molecular formula is C60H39N3. The van der Waals surface area contributed by atoms with Crippen molar-refractivity contribution < 1.29 is 49.3 Å². The standard InChI is InChI=1S/C60H39N3/c1-3-17-40(18-4-1)42-21-15-22-43(35-42)45-36-44(41-19-5-2-6-20-41)37-47(38-45)61-54-28-11-7-25-50(54)52-34-33-46(39-59(52)61)62-55-29-12-10-26-51(55)53-27-16-32-58(60(53)62)63-56-30-13-8-23-48(56)49-24-9-14-31-57(49)63/h1-39H/i1D,2D,3D,4D,5D,6D,7D,8D,9D,10D,11D,12D,13D,14D,15D,16D,17D,18D,19D,20D,21D,22D,23D,24D,25D,26D,27D,28D,29D,30D,31D,32D,33D,34D,35D,39D. The molecule has 3 heteroatoms. The van der Waals surface area contributed by atoms with Gasteiger partial charge in [-0.25, -0.2) is 0 Å². The second-order valence-electron chi connectivity index (χ2n) is 13.8. The molecule has 0 aliphatic carbocycles. The van der Waals surface area contributed by atoms with Gasteiger partial charge in [0.05, 0.1) is 88.1 Å². The number of benzene rings is 10. The number of rotatable bonds is 6. The van der Waals surface area contributed by atoms with Gasteiger partial charge in [0.25, 0.3) is 0 Å². The fraction of sp³-hybridized carbons (Fsp3) is 0. The van der Waals surface area contributed by atoms with E-state index in [2.05, 4.69) is 0 Å². The normalized spacial score (nSPS) is 19.8. The minimum Gasteiger partial charge on any atom is -0.309 e. The van der Waals surface area contributed by atoms with E-state index in [1.165, 1.54) is 0 Å². The lowest BCUT2D eigenvalue weighted by Gasteiger charge is -2.16. The van der Waals surface area contributed by atoms with Crippen LogP contribution in [0.15, 0.2) is 236 Å². The van der Waals surface area contributed by atoms with Gasteiger partial charge in [-0.15, -0.1) is 0 Å². The molecule has 13 aromatic rings. The van der Waals surface area contributed by atoms with Crippen LogP contribution in [0.4, 0.5) is 0 Å². The number of nitrogens with zero attached hydrogens (tertiary/aromatic N) is 3. The van der Waals surface area contributed by atoms with Crippen LogP contribution in [-0.4, -0.2) is 13.7 Å². The van der Waals surface area contributed by atoms with Crippen LogP contribution in [0.25, 0.3) is 116 Å². The molecule has 0 atom stereocenters. The summed E-state index contributed by atoms with van der Waals surface area (Å²) in [6.07, 6.45) is 0. The van der Waals surface area contributed by atoms with Gasteiger partial charge in [0.2, 0.25) is 0 Å². The highest BCUT2D eigenvalue weighted by Gasteiger charge is 2.22. The Morgan fingerprint density at radius 2 is 0.683 bits per heavy atom. The summed E-state index contributed by atoms with van der Waals surface area (Å²) < 4.78 is 333. The van der Waals surface area contributed by atoms with Crippen molar-refractivity contribution in [1.29, 1.82) is 0 Å². The summed E-state index contributed by atoms with van der Waals surface area (Å²) in [6.45, 7) is 0. The molecule has 3 aromatic heterocycles. The molecule has 0 saturated carbocycles. The number of para-hydroxylation sites is 5. The van der Waals surface area contributed by atoms with Gasteiger partial charge in [-0.1, -0.05) is 169 Å². The molecule has 0 amide bonds. The summed E-state index contributed by atoms with van der Waals surface area (Å²) in [5, 5.41) is -3.84. The van der Waals surface area contributed by atoms with E-state index in [0.717, 1.165) is 27.3 Å². The maximum atomic E-state index is 10.7. The van der Waals surface area contributed by atoms with Gasteiger partial charge in [-0.2, -0.15) is 0 Å². The third kappa shape index (κ3) is 5.53. The maximum Gasteiger partial charge on any atom is 0.0782 e. The van der Waals surface area contributed by atoms with Crippen molar-refractivity contribution in [1.82, 2.24) is 13.7 Å². The Morgan fingerprint density at radius 3 is 1.30 bits per heavy atom. The van der Waals surface area contributed by atoms with E-state index >= 15 is 0 Å². The SMILES string of the molecule is [2H]c1c([2H])c([2H])c(-c2cc(-c3c([2H])c([2H])c([2H])c(-c4c([2H])c([2H])c([2H])c([2H])c4[2H])c3[2H])cc(-n3c4c([2H])c([2H])c([2H])c([2H])c4c4c([2H])c([2H])c(-n5c6c([2H])c([2H])c([2H])c([2H])c6c6c([2H])c([2H])c([2H])c(-n7c8c([2H])c([2H])c([2H])c([2H])c8c8c([2H])c([2H])c([2H])c([2H])c87)c65)c([2H])c43)c2)c([2H])c1[2H]. The summed E-state index contributed by atoms with van der Waals surface area (Å²) in [4.78, 5) is 0. The molecule has 10 aromatic carbocycles. The highest BCUT2D eigenvalue weighted by atomic mass is 15.1. The first-order valence-electron chi connectivity index (χ1n) is 36.7. The van der Waals surface area contributed by atoms with E-state index in [9.17, 15) is 24.7 Å². The number of aromatic nitrogens is 3. The van der Waals surface area contributed by atoms with E-state index in [-0.39, 0.29) is 0 Å². The van der Waals surface area contributed by atoms with Gasteiger partial charge in [0.1, 0.15) is 0 Å². The quantitative estimate of drug-likeness (QED) is 0.158. The second-order valence-corrected chi connectivity index (χ2v) is 13.8. The first kappa shape index (κ1) is 14.9. The molecule has 0 aliphatic rings. The summed E-state index contributed by atoms with van der Waals surface area (Å²) in [5.41, 5.74) is -10.7. The van der Waals surface area contributed by atoms with Crippen LogP contribution < -0.4 is 0 Å². The van der Waals surface area contributed by atoms with E-state index in [4.69, 9.17) is 24.7 Å². The highest BCUT2D eigenvalue weighted by molar-refractivity contribution is 6.16. The molecule has 0 fully saturated rings. The number of fused-ring (bicyclic) bond motifs is 9. The summed E-state index contributed by atoms with van der Waals surface area (Å²) in [7, 11) is 0. The Morgan fingerprint density at radius 1 is 0.254 bits per heavy atom. The molecule has 63 heavy (non-hydrogen) atoms. The van der Waals surface area contributed by atoms with Crippen molar-refractivity contribution in [2.45, 2.75) is 0 Å². The number of hydrogen-bond acceptors (Lipinski definition) is 0. The Labute approximate surface area is 415 Å². The Kier molecular flexibility index (Phi) is 3.33. The van der Waals surface area contributed by atoms with Crippen molar-refractivity contribution in [2.24, 2.45) is 0 Å². The zero-order chi connectivity index (χ0) is 72.8. The lowest BCUT2D eigenvalue weighted by atomic mass is 9.95. The average Bonchev–Trinajstić information content (AvgIpc) is 1.53. The molecule has 0 spiro atoms. The Balaban J connectivity index is 1.30. The molecule has 3 nitrogen and oxygen atoms in total. The molecule has 0 bridgehead atoms. The molecule has 3 heterocycles. The van der Waals surface area contributed by atoms with Crippen LogP contribution in [0.5, 0.6) is 0 Å². The van der Waals surface area contributed by atoms with Gasteiger partial charge < -0.3 is 13.7 Å². The third-order valence-corrected chi connectivity index (χ3v) is 10.4. The van der Waals surface area contributed by atoms with Gasteiger partial charge in [0.15, 0.2) is 0 Å². The summed E-state index contributed by atoms with van der Waals surface area (Å²) in [5.74, 6) is 0. The van der Waals surface area contributed by atoms with Gasteiger partial charge in [0, 0.05) is 43.7 Å². The summed E-state index contributed by atoms with van der Waals surface area (Å²) in [6, 6.07) is -31.7. The average molecular weight is 838 g/mol. The van der Waals surface area contributed by atoms with E-state index in [1.54, 1.807) is 0 Å². The van der Waals surface area contributed by atoms with E-state index in [1.807, 2.05) is 0 Å². The molecule has 0 N–H and O–H groups in total. The van der Waals surface area contributed by atoms with Crippen LogP contribution in [0.1, 0.15) is 49.3 Å². The van der Waals surface area contributed by atoms with Crippen LogP contribution >= 0.6 is 0 Å². The smallest absolute Gasteiger partial charge is 0.0782 e. The minimum atomic E-state index is -1.14. The molecule has 0 saturated heterocycles. The third-order valence-electron chi connectivity index (χ3n) is 10.4. The van der Waals surface area contributed by atoms with Crippen molar-refractivity contribution in [2.75, 3.05) is 0 Å². The highest BCUT2D eigenvalue weighted by Crippen LogP contribution is 2.42. The molecule has 294 valence electrons. The molecule has 0 unspecified atom stereocenters. The zero-order valence-corrected chi connectivity index (χ0v) is 31.6. The molecule has 0 aliphatic heterocycles. The fourth-order valence-corrected chi connectivity index (χ4v) is 7.87. The Hall–Kier alpha value is -8.40. The van der Waals surface area contributed by atoms with Crippen molar-refractivity contribution >= 4 is 65.4 Å². The predicted molar refractivity (Wildman–Crippen MR) is 266 cm³/mol. The monoisotopic (exact) mass is 838 g/mol. The van der Waals surface area contributed by atoms with Crippen molar-refractivity contribution in [3.05, 3.63) is 236 Å². The molecule has 0 radical (unpaired) electrons. The number of hydrogen-bond donors (Lipinski definition) is 0. The van der Waals surface area contributed by atoms with Gasteiger partial charge >= 0.3 is 0 Å². The fourth-order valence-electron chi connectivity index (χ4n) is 7.87. The lowest BCUT2D eigenvalue weighted by molar-refractivity contribution is 1.13. The zero-order valence-electron chi connectivity index (χ0n) is 67.6. The van der Waals surface area contributed by atoms with Crippen LogP contribution in [-0.2, 0) is 0 Å². The van der Waals surface area contributed by atoms with Crippen molar-refractivity contribution in [3.63, 3.8) is 0 Å². The maximum absolute atomic E-state index is 10.7. The van der Waals surface area contributed by atoms with Gasteiger partial charge in [-0.05, 0) is 99.9 Å². The van der Waals surface area contributed by atoms with Crippen LogP contribution in [0.2, 0.25) is 0 Å². The van der Waals surface area contributed by atoms with Crippen molar-refractivity contribution in [3.8, 4) is 50.4 Å². The summed E-state index contributed by atoms with van der Waals surface area (Å²) >= 11 is 0. The first-order chi connectivity index (χ1) is 46.2. The van der Waals surface area contributed by atoms with Crippen LogP contribution in [0, 0.1) is 0 Å². The van der Waals surface area contributed by atoms with Gasteiger partial charge in [-0.3, -0.25) is 0 Å². The Bertz CT molecular complexity index is 5920. The second kappa shape index (κ2) is 14.1. The van der Waals surface area contributed by atoms with Crippen LogP contribution in [0.3, 0.4) is 0 Å². The molecule has 13 rings (SSSR count). The minimum absolute atomic E-state index is 0.461. The van der Waals surface area contributed by atoms with E-state index in [0.29, 0.717) is 4.57 Å². The lowest BCUT2D eigenvalue weighted by Crippen LogP contribution is -2.01.